The molecular formula is C12H22BrN3O. The van der Waals surface area contributed by atoms with E-state index in [0.717, 1.165) is 36.8 Å². The van der Waals surface area contributed by atoms with Gasteiger partial charge in [-0.3, -0.25) is 4.68 Å². The third-order valence-electron chi connectivity index (χ3n) is 2.92. The lowest BCUT2D eigenvalue weighted by atomic mass is 9.96. The van der Waals surface area contributed by atoms with Gasteiger partial charge in [0.15, 0.2) is 0 Å². The van der Waals surface area contributed by atoms with Crippen molar-refractivity contribution in [2.75, 3.05) is 13.2 Å². The summed E-state index contributed by atoms with van der Waals surface area (Å²) in [6.45, 7) is 6.15. The number of hydrogen-bond acceptors (Lipinski definition) is 3. The number of unbranched alkanes of at least 4 members (excludes halogenated alkanes) is 1. The number of nitrogens with one attached hydrogen (secondary N) is 1. The van der Waals surface area contributed by atoms with E-state index in [1.807, 2.05) is 10.9 Å². The summed E-state index contributed by atoms with van der Waals surface area (Å²) in [7, 11) is 0. The minimum Gasteiger partial charge on any atom is -0.394 e. The van der Waals surface area contributed by atoms with Crippen LogP contribution in [0.2, 0.25) is 0 Å². The molecule has 1 unspecified atom stereocenters. The Morgan fingerprint density at radius 2 is 2.29 bits per heavy atom. The van der Waals surface area contributed by atoms with Crippen molar-refractivity contribution in [2.24, 2.45) is 0 Å². The fourth-order valence-corrected chi connectivity index (χ4v) is 2.23. The Balaban J connectivity index is 2.23. The smallest absolute Gasteiger partial charge is 0.0632 e. The lowest BCUT2D eigenvalue weighted by Gasteiger charge is -2.28. The van der Waals surface area contributed by atoms with Crippen LogP contribution in [0.5, 0.6) is 0 Å². The molecule has 1 aromatic rings. The molecule has 98 valence electrons. The van der Waals surface area contributed by atoms with Gasteiger partial charge in [0.1, 0.15) is 0 Å². The first-order valence-electron chi connectivity index (χ1n) is 6.13. The number of aromatic nitrogens is 2. The Morgan fingerprint density at radius 1 is 1.53 bits per heavy atom. The molecule has 0 fully saturated rings. The fourth-order valence-electron chi connectivity index (χ4n) is 1.90. The van der Waals surface area contributed by atoms with E-state index >= 15 is 0 Å². The van der Waals surface area contributed by atoms with Crippen molar-refractivity contribution in [2.45, 2.75) is 45.2 Å². The van der Waals surface area contributed by atoms with Crippen LogP contribution in [0.1, 0.15) is 33.1 Å². The maximum absolute atomic E-state index is 9.35. The first kappa shape index (κ1) is 14.7. The Hall–Kier alpha value is -0.390. The lowest BCUT2D eigenvalue weighted by molar-refractivity contribution is 0.164. The predicted molar refractivity (Wildman–Crippen MR) is 72.9 cm³/mol. The van der Waals surface area contributed by atoms with Crippen LogP contribution in [-0.2, 0) is 6.54 Å². The number of aliphatic hydroxyl groups excluding tert-OH is 1. The van der Waals surface area contributed by atoms with E-state index in [1.165, 1.54) is 0 Å². The summed E-state index contributed by atoms with van der Waals surface area (Å²) in [5.41, 5.74) is -0.139. The van der Waals surface area contributed by atoms with Crippen molar-refractivity contribution in [1.82, 2.24) is 15.1 Å². The molecule has 0 bridgehead atoms. The highest BCUT2D eigenvalue weighted by Crippen LogP contribution is 2.14. The summed E-state index contributed by atoms with van der Waals surface area (Å²) in [5, 5.41) is 16.9. The average molecular weight is 304 g/mol. The molecule has 2 N–H and O–H groups in total. The third-order valence-corrected chi connectivity index (χ3v) is 3.33. The second kappa shape index (κ2) is 7.13. The molecule has 0 aliphatic carbocycles. The van der Waals surface area contributed by atoms with Gasteiger partial charge in [-0.15, -0.1) is 0 Å². The van der Waals surface area contributed by atoms with Gasteiger partial charge in [-0.05, 0) is 48.7 Å². The molecule has 0 aromatic carbocycles. The van der Waals surface area contributed by atoms with E-state index in [-0.39, 0.29) is 12.1 Å². The minimum atomic E-state index is -0.139. The normalized spacial score (nSPS) is 14.8. The SMILES string of the molecule is CCNC(C)(CO)CCCCn1cc(Br)cn1. The van der Waals surface area contributed by atoms with Gasteiger partial charge in [-0.1, -0.05) is 6.92 Å². The molecule has 0 saturated carbocycles. The molecule has 0 amide bonds. The number of aliphatic hydroxyl groups is 1. The average Bonchev–Trinajstić information content (AvgIpc) is 2.71. The molecule has 0 radical (unpaired) electrons. The molecule has 0 aliphatic rings. The molecule has 1 rings (SSSR count). The van der Waals surface area contributed by atoms with Crippen molar-refractivity contribution < 1.29 is 5.11 Å². The lowest BCUT2D eigenvalue weighted by Crippen LogP contribution is -2.45. The molecule has 1 heterocycles. The number of nitrogens with zero attached hydrogens (tertiary/aromatic N) is 2. The Morgan fingerprint density at radius 3 is 2.82 bits per heavy atom. The molecule has 1 atom stereocenters. The first-order chi connectivity index (χ1) is 8.09. The molecule has 0 saturated heterocycles. The predicted octanol–water partition coefficient (Wildman–Crippen LogP) is 2.18. The van der Waals surface area contributed by atoms with Crippen LogP contribution in [0.3, 0.4) is 0 Å². The van der Waals surface area contributed by atoms with Gasteiger partial charge < -0.3 is 10.4 Å². The van der Waals surface area contributed by atoms with Gasteiger partial charge in [-0.2, -0.15) is 5.10 Å². The second-order valence-electron chi connectivity index (χ2n) is 4.63. The molecule has 0 spiro atoms. The third kappa shape index (κ3) is 5.19. The summed E-state index contributed by atoms with van der Waals surface area (Å²) in [5.74, 6) is 0. The van der Waals surface area contributed by atoms with Crippen LogP contribution in [-0.4, -0.2) is 33.6 Å². The van der Waals surface area contributed by atoms with Crippen molar-refractivity contribution in [1.29, 1.82) is 0 Å². The highest BCUT2D eigenvalue weighted by Gasteiger charge is 2.20. The van der Waals surface area contributed by atoms with E-state index in [0.29, 0.717) is 0 Å². The van der Waals surface area contributed by atoms with Crippen LogP contribution < -0.4 is 5.32 Å². The van der Waals surface area contributed by atoms with Crippen molar-refractivity contribution in [3.8, 4) is 0 Å². The number of halogens is 1. The largest absolute Gasteiger partial charge is 0.394 e. The van der Waals surface area contributed by atoms with Crippen molar-refractivity contribution in [3.63, 3.8) is 0 Å². The van der Waals surface area contributed by atoms with Gasteiger partial charge >= 0.3 is 0 Å². The molecule has 1 aromatic heterocycles. The molecule has 5 heteroatoms. The monoisotopic (exact) mass is 303 g/mol. The molecule has 0 aliphatic heterocycles. The van der Waals surface area contributed by atoms with Gasteiger partial charge in [-0.25, -0.2) is 0 Å². The Kier molecular flexibility index (Phi) is 6.16. The summed E-state index contributed by atoms with van der Waals surface area (Å²) in [4.78, 5) is 0. The van der Waals surface area contributed by atoms with E-state index in [1.54, 1.807) is 6.20 Å². The Bertz CT molecular complexity index is 329. The number of likely N-dealkylation sites (N-methyl/N-ethyl adjacent to an activating group) is 1. The standard InChI is InChI=1S/C12H22BrN3O/c1-3-14-12(2,10-17)6-4-5-7-16-9-11(13)8-15-16/h8-9,14,17H,3-7,10H2,1-2H3. The van der Waals surface area contributed by atoms with E-state index in [4.69, 9.17) is 0 Å². The summed E-state index contributed by atoms with van der Waals surface area (Å²) in [6.07, 6.45) is 6.93. The molecule has 4 nitrogen and oxygen atoms in total. The van der Waals surface area contributed by atoms with E-state index < -0.39 is 0 Å². The van der Waals surface area contributed by atoms with Crippen LogP contribution in [0.4, 0.5) is 0 Å². The summed E-state index contributed by atoms with van der Waals surface area (Å²) < 4.78 is 2.96. The summed E-state index contributed by atoms with van der Waals surface area (Å²) >= 11 is 3.38. The highest BCUT2D eigenvalue weighted by molar-refractivity contribution is 9.10. The van der Waals surface area contributed by atoms with Crippen LogP contribution >= 0.6 is 15.9 Å². The fraction of sp³-hybridized carbons (Fsp3) is 0.750. The molecular weight excluding hydrogens is 282 g/mol. The number of rotatable bonds is 8. The maximum Gasteiger partial charge on any atom is 0.0632 e. The highest BCUT2D eigenvalue weighted by atomic mass is 79.9. The minimum absolute atomic E-state index is 0.139. The van der Waals surface area contributed by atoms with Crippen molar-refractivity contribution >= 4 is 15.9 Å². The number of aryl methyl sites for hydroxylation is 1. The van der Waals surface area contributed by atoms with Gasteiger partial charge in [0.2, 0.25) is 0 Å². The van der Waals surface area contributed by atoms with Crippen LogP contribution in [0.15, 0.2) is 16.9 Å². The number of hydrogen-bond donors (Lipinski definition) is 2. The van der Waals surface area contributed by atoms with Gasteiger partial charge in [0, 0.05) is 18.3 Å². The zero-order chi connectivity index (χ0) is 12.7. The zero-order valence-electron chi connectivity index (χ0n) is 10.6. The quantitative estimate of drug-likeness (QED) is 0.724. The second-order valence-corrected chi connectivity index (χ2v) is 5.54. The van der Waals surface area contributed by atoms with E-state index in [2.05, 4.69) is 40.2 Å². The summed E-state index contributed by atoms with van der Waals surface area (Å²) in [6, 6.07) is 0. The van der Waals surface area contributed by atoms with Crippen LogP contribution in [0.25, 0.3) is 0 Å². The van der Waals surface area contributed by atoms with Gasteiger partial charge in [0.05, 0.1) is 17.3 Å². The Labute approximate surface area is 112 Å². The zero-order valence-corrected chi connectivity index (χ0v) is 12.2. The maximum atomic E-state index is 9.35. The van der Waals surface area contributed by atoms with E-state index in [9.17, 15) is 5.11 Å². The van der Waals surface area contributed by atoms with Crippen LogP contribution in [0, 0.1) is 0 Å². The van der Waals surface area contributed by atoms with Gasteiger partial charge in [0.25, 0.3) is 0 Å². The topological polar surface area (TPSA) is 50.1 Å². The molecule has 17 heavy (non-hydrogen) atoms. The van der Waals surface area contributed by atoms with Crippen molar-refractivity contribution in [3.05, 3.63) is 16.9 Å². The first-order valence-corrected chi connectivity index (χ1v) is 6.93.